The lowest BCUT2D eigenvalue weighted by atomic mass is 10.2. The Morgan fingerprint density at radius 2 is 1.94 bits per heavy atom. The minimum Gasteiger partial charge on any atom is -0.444 e. The van der Waals surface area contributed by atoms with Gasteiger partial charge in [-0.2, -0.15) is 0 Å². The van der Waals surface area contributed by atoms with E-state index in [1.807, 2.05) is 20.8 Å². The highest BCUT2D eigenvalue weighted by Gasteiger charge is 2.15. The summed E-state index contributed by atoms with van der Waals surface area (Å²) in [7, 11) is 0. The van der Waals surface area contributed by atoms with Crippen molar-refractivity contribution in [3.8, 4) is 0 Å². The summed E-state index contributed by atoms with van der Waals surface area (Å²) in [5.41, 5.74) is -0.489. The summed E-state index contributed by atoms with van der Waals surface area (Å²) in [5.74, 6) is 0.463. The van der Waals surface area contributed by atoms with Crippen molar-refractivity contribution < 1.29 is 9.53 Å². The van der Waals surface area contributed by atoms with Crippen molar-refractivity contribution in [2.24, 2.45) is 0 Å². The Bertz CT molecular complexity index is 389. The van der Waals surface area contributed by atoms with Crippen LogP contribution in [0.5, 0.6) is 0 Å². The summed E-state index contributed by atoms with van der Waals surface area (Å²) in [5, 5.41) is 6.03. The van der Waals surface area contributed by atoms with Crippen molar-refractivity contribution >= 4 is 23.6 Å². The molecule has 0 unspecified atom stereocenters. The molecule has 0 saturated carbocycles. The zero-order chi connectivity index (χ0) is 13.6. The maximum atomic E-state index is 11.3. The Morgan fingerprint density at radius 1 is 1.33 bits per heavy atom. The van der Waals surface area contributed by atoms with E-state index >= 15 is 0 Å². The smallest absolute Gasteiger partial charge is 0.407 e. The Morgan fingerprint density at radius 3 is 2.50 bits per heavy atom. The first kappa shape index (κ1) is 14.5. The number of anilines is 1. The molecule has 2 N–H and O–H groups in total. The van der Waals surface area contributed by atoms with E-state index in [2.05, 4.69) is 20.6 Å². The standard InChI is InChI=1S/C11H17ClN4O2/c1-11(2,3)18-10(17)14-5-4-13-9-15-6-8(12)7-16-9/h6-7H,4-5H2,1-3H3,(H,14,17)(H,13,15,16). The molecule has 1 amide bonds. The third kappa shape index (κ3) is 6.24. The van der Waals surface area contributed by atoms with Gasteiger partial charge in [-0.15, -0.1) is 0 Å². The molecule has 6 nitrogen and oxygen atoms in total. The third-order valence-corrected chi connectivity index (χ3v) is 1.89. The summed E-state index contributed by atoms with van der Waals surface area (Å²) in [6, 6.07) is 0. The van der Waals surface area contributed by atoms with Crippen LogP contribution < -0.4 is 10.6 Å². The molecule has 1 heterocycles. The van der Waals surface area contributed by atoms with Gasteiger partial charge in [-0.1, -0.05) is 11.6 Å². The molecular weight excluding hydrogens is 256 g/mol. The second-order valence-corrected chi connectivity index (χ2v) is 5.02. The van der Waals surface area contributed by atoms with Gasteiger partial charge in [0.2, 0.25) is 5.95 Å². The van der Waals surface area contributed by atoms with Crippen LogP contribution in [0.2, 0.25) is 5.02 Å². The van der Waals surface area contributed by atoms with E-state index in [4.69, 9.17) is 16.3 Å². The number of rotatable bonds is 4. The molecule has 1 aromatic rings. The van der Waals surface area contributed by atoms with Crippen molar-refractivity contribution in [3.63, 3.8) is 0 Å². The number of carbonyl (C=O) groups excluding carboxylic acids is 1. The topological polar surface area (TPSA) is 76.1 Å². The summed E-state index contributed by atoms with van der Waals surface area (Å²) < 4.78 is 5.08. The van der Waals surface area contributed by atoms with E-state index in [9.17, 15) is 4.79 Å². The number of nitrogens with zero attached hydrogens (tertiary/aromatic N) is 2. The molecule has 7 heteroatoms. The van der Waals surface area contributed by atoms with Crippen LogP contribution in [0.3, 0.4) is 0 Å². The fraction of sp³-hybridized carbons (Fsp3) is 0.545. The van der Waals surface area contributed by atoms with Gasteiger partial charge in [-0.05, 0) is 20.8 Å². The molecule has 100 valence electrons. The van der Waals surface area contributed by atoms with Crippen LogP contribution in [0, 0.1) is 0 Å². The Kier molecular flexibility index (Phi) is 5.15. The molecule has 0 aromatic carbocycles. The van der Waals surface area contributed by atoms with Crippen molar-refractivity contribution in [1.82, 2.24) is 15.3 Å². The quantitative estimate of drug-likeness (QED) is 0.821. The highest BCUT2D eigenvalue weighted by atomic mass is 35.5. The fourth-order valence-electron chi connectivity index (χ4n) is 1.06. The van der Waals surface area contributed by atoms with Crippen LogP contribution in [-0.4, -0.2) is 34.8 Å². The van der Waals surface area contributed by atoms with Gasteiger partial charge in [0.1, 0.15) is 5.60 Å². The van der Waals surface area contributed by atoms with Gasteiger partial charge in [-0.25, -0.2) is 14.8 Å². The van der Waals surface area contributed by atoms with Crippen LogP contribution in [0.1, 0.15) is 20.8 Å². The van der Waals surface area contributed by atoms with E-state index in [1.54, 1.807) is 0 Å². The fourth-order valence-corrected chi connectivity index (χ4v) is 1.15. The van der Waals surface area contributed by atoms with Crippen molar-refractivity contribution in [2.75, 3.05) is 18.4 Å². The maximum absolute atomic E-state index is 11.3. The van der Waals surface area contributed by atoms with Crippen LogP contribution in [0.25, 0.3) is 0 Å². The van der Waals surface area contributed by atoms with Crippen LogP contribution in [-0.2, 0) is 4.74 Å². The second-order valence-electron chi connectivity index (χ2n) is 4.58. The first-order valence-electron chi connectivity index (χ1n) is 5.55. The molecular formula is C11H17ClN4O2. The van der Waals surface area contributed by atoms with E-state index in [0.717, 1.165) is 0 Å². The van der Waals surface area contributed by atoms with E-state index < -0.39 is 11.7 Å². The number of hydrogen-bond acceptors (Lipinski definition) is 5. The lowest BCUT2D eigenvalue weighted by Crippen LogP contribution is -2.35. The number of alkyl carbamates (subject to hydrolysis) is 1. The molecule has 18 heavy (non-hydrogen) atoms. The van der Waals surface area contributed by atoms with Gasteiger partial charge < -0.3 is 15.4 Å². The zero-order valence-electron chi connectivity index (χ0n) is 10.7. The third-order valence-electron chi connectivity index (χ3n) is 1.70. The first-order valence-corrected chi connectivity index (χ1v) is 5.93. The van der Waals surface area contributed by atoms with Crippen LogP contribution in [0.4, 0.5) is 10.7 Å². The summed E-state index contributed by atoms with van der Waals surface area (Å²) in [6.07, 6.45) is 2.55. The molecule has 0 aliphatic rings. The van der Waals surface area contributed by atoms with Gasteiger partial charge in [-0.3, -0.25) is 0 Å². The van der Waals surface area contributed by atoms with Gasteiger partial charge in [0.15, 0.2) is 0 Å². The van der Waals surface area contributed by atoms with Gasteiger partial charge in [0, 0.05) is 13.1 Å². The van der Waals surface area contributed by atoms with Crippen molar-refractivity contribution in [1.29, 1.82) is 0 Å². The van der Waals surface area contributed by atoms with E-state index in [-0.39, 0.29) is 0 Å². The molecule has 0 spiro atoms. The zero-order valence-corrected chi connectivity index (χ0v) is 11.4. The predicted molar refractivity (Wildman–Crippen MR) is 69.8 cm³/mol. The van der Waals surface area contributed by atoms with Gasteiger partial charge in [0.25, 0.3) is 0 Å². The first-order chi connectivity index (χ1) is 8.37. The van der Waals surface area contributed by atoms with Gasteiger partial charge in [0.05, 0.1) is 17.4 Å². The lowest BCUT2D eigenvalue weighted by Gasteiger charge is -2.19. The minimum atomic E-state index is -0.489. The minimum absolute atomic E-state index is 0.418. The van der Waals surface area contributed by atoms with Crippen LogP contribution in [0.15, 0.2) is 12.4 Å². The summed E-state index contributed by atoms with van der Waals surface area (Å²) >= 11 is 5.65. The monoisotopic (exact) mass is 272 g/mol. The summed E-state index contributed by atoms with van der Waals surface area (Å²) in [6.45, 7) is 6.35. The van der Waals surface area contributed by atoms with Crippen molar-refractivity contribution in [3.05, 3.63) is 17.4 Å². The highest BCUT2D eigenvalue weighted by molar-refractivity contribution is 6.30. The Balaban J connectivity index is 2.19. The number of amides is 1. The molecule has 0 fully saturated rings. The van der Waals surface area contributed by atoms with Gasteiger partial charge >= 0.3 is 6.09 Å². The maximum Gasteiger partial charge on any atom is 0.407 e. The number of ether oxygens (including phenoxy) is 1. The molecule has 0 aliphatic heterocycles. The van der Waals surface area contributed by atoms with Crippen LogP contribution >= 0.6 is 11.6 Å². The normalized spacial score (nSPS) is 10.9. The largest absolute Gasteiger partial charge is 0.444 e. The Hall–Kier alpha value is -1.56. The average molecular weight is 273 g/mol. The molecule has 0 bridgehead atoms. The number of hydrogen-bond donors (Lipinski definition) is 2. The summed E-state index contributed by atoms with van der Waals surface area (Å²) in [4.78, 5) is 19.2. The van der Waals surface area contributed by atoms with Crippen molar-refractivity contribution in [2.45, 2.75) is 26.4 Å². The molecule has 0 saturated heterocycles. The number of aromatic nitrogens is 2. The number of carbonyl (C=O) groups is 1. The number of nitrogens with one attached hydrogen (secondary N) is 2. The van der Waals surface area contributed by atoms with E-state index in [0.29, 0.717) is 24.1 Å². The predicted octanol–water partition coefficient (Wildman–Crippen LogP) is 2.07. The molecule has 0 aliphatic carbocycles. The lowest BCUT2D eigenvalue weighted by molar-refractivity contribution is 0.0530. The average Bonchev–Trinajstić information content (AvgIpc) is 2.24. The highest BCUT2D eigenvalue weighted by Crippen LogP contribution is 2.06. The molecule has 0 radical (unpaired) electrons. The second kappa shape index (κ2) is 6.39. The molecule has 0 atom stereocenters. The SMILES string of the molecule is CC(C)(C)OC(=O)NCCNc1ncc(Cl)cn1. The molecule has 1 rings (SSSR count). The number of halogens is 1. The van der Waals surface area contributed by atoms with E-state index in [1.165, 1.54) is 12.4 Å². The molecule has 1 aromatic heterocycles. The Labute approximate surface area is 111 Å².